The minimum Gasteiger partial charge on any atom is -0.460 e. The summed E-state index contributed by atoms with van der Waals surface area (Å²) in [5.74, 6) is -1.24. The number of nitrogens with zero attached hydrogens (tertiary/aromatic N) is 2. The Morgan fingerprint density at radius 3 is 1.64 bits per heavy atom. The van der Waals surface area contributed by atoms with Crippen molar-refractivity contribution in [1.29, 1.82) is 0 Å². The van der Waals surface area contributed by atoms with Gasteiger partial charge < -0.3 is 38.9 Å². The van der Waals surface area contributed by atoms with E-state index in [1.807, 2.05) is 34.3 Å². The first kappa shape index (κ1) is 56.0. The maximum absolute atomic E-state index is 13.0. The van der Waals surface area contributed by atoms with Crippen LogP contribution in [-0.4, -0.2) is 130 Å². The molecule has 13 nitrogen and oxygen atoms in total. The van der Waals surface area contributed by atoms with Gasteiger partial charge in [0.2, 0.25) is 5.91 Å². The van der Waals surface area contributed by atoms with Crippen LogP contribution in [0.15, 0.2) is 12.2 Å². The van der Waals surface area contributed by atoms with E-state index in [0.29, 0.717) is 47.7 Å². The molecule has 0 spiro atoms. The second-order valence-corrected chi connectivity index (χ2v) is 17.7. The Bertz CT molecular complexity index is 1180. The third-order valence-electron chi connectivity index (χ3n) is 10.5. The van der Waals surface area contributed by atoms with Gasteiger partial charge in [-0.15, -0.1) is 0 Å². The summed E-state index contributed by atoms with van der Waals surface area (Å²) in [6.45, 7) is 8.89. The zero-order chi connectivity index (χ0) is 44.4. The Morgan fingerprint density at radius 1 is 0.593 bits per heavy atom. The number of quaternary nitrogens is 2. The molecule has 344 valence electrons. The van der Waals surface area contributed by atoms with Crippen molar-refractivity contribution in [2.75, 3.05) is 67.6 Å². The third-order valence-corrected chi connectivity index (χ3v) is 10.5. The molecule has 3 unspecified atom stereocenters. The molecule has 0 aromatic carbocycles. The Balaban J connectivity index is 4.71. The summed E-state index contributed by atoms with van der Waals surface area (Å²) >= 11 is 0. The Labute approximate surface area is 358 Å². The Kier molecular flexibility index (Phi) is 32.9. The van der Waals surface area contributed by atoms with Gasteiger partial charge in [0, 0.05) is 20.3 Å². The lowest BCUT2D eigenvalue weighted by atomic mass is 10.0. The van der Waals surface area contributed by atoms with Crippen LogP contribution in [-0.2, 0) is 38.2 Å². The van der Waals surface area contributed by atoms with Crippen LogP contribution >= 0.6 is 0 Å². The monoisotopic (exact) mass is 841 g/mol. The maximum Gasteiger partial charge on any atom is 0.362 e. The standard InChI is InChI=1S/C46H86N4O9/c1-9-11-13-14-15-16-20-23-27-31-43(48-45(55)37-49(5,6)33-35-57-39(3)51)47-44(54)32-28-24-21-18-17-19-22-26-29-41(53)42(30-25-12-10-2)59-46(56)38-50(7,8)34-36-58-40(4)52/h22,26,41-43,53H,9-21,23-25,27-38H2,1-8H3/p+2/b26-22-. The number of likely N-dealkylation sites (N-methyl/N-ethyl adjacent to an activating group) is 2. The summed E-state index contributed by atoms with van der Waals surface area (Å²) in [4.78, 5) is 61.1. The van der Waals surface area contributed by atoms with Crippen molar-refractivity contribution in [3.63, 3.8) is 0 Å². The summed E-state index contributed by atoms with van der Waals surface area (Å²) in [6.07, 6.45) is 23.9. The smallest absolute Gasteiger partial charge is 0.362 e. The van der Waals surface area contributed by atoms with Crippen molar-refractivity contribution in [2.24, 2.45) is 0 Å². The molecule has 0 aliphatic heterocycles. The number of allylic oxidation sites excluding steroid dienone is 1. The predicted molar refractivity (Wildman–Crippen MR) is 235 cm³/mol. The molecule has 0 rings (SSSR count). The Morgan fingerprint density at radius 2 is 1.07 bits per heavy atom. The highest BCUT2D eigenvalue weighted by molar-refractivity contribution is 5.79. The largest absolute Gasteiger partial charge is 0.460 e. The first-order valence-electron chi connectivity index (χ1n) is 23.0. The number of aliphatic hydroxyl groups is 1. The van der Waals surface area contributed by atoms with Gasteiger partial charge in [-0.25, -0.2) is 4.79 Å². The van der Waals surface area contributed by atoms with E-state index in [9.17, 15) is 29.1 Å². The van der Waals surface area contributed by atoms with Gasteiger partial charge in [0.05, 0.1) is 34.3 Å². The van der Waals surface area contributed by atoms with Crippen LogP contribution in [0.5, 0.6) is 0 Å². The molecule has 59 heavy (non-hydrogen) atoms. The van der Waals surface area contributed by atoms with E-state index < -0.39 is 18.4 Å². The van der Waals surface area contributed by atoms with Crippen molar-refractivity contribution in [2.45, 2.75) is 187 Å². The van der Waals surface area contributed by atoms with Crippen molar-refractivity contribution >= 4 is 29.7 Å². The van der Waals surface area contributed by atoms with E-state index in [4.69, 9.17) is 14.2 Å². The fourth-order valence-corrected chi connectivity index (χ4v) is 6.83. The van der Waals surface area contributed by atoms with E-state index in [0.717, 1.165) is 77.0 Å². The molecule has 0 saturated carbocycles. The molecule has 3 N–H and O–H groups in total. The highest BCUT2D eigenvalue weighted by Crippen LogP contribution is 2.16. The number of amides is 2. The van der Waals surface area contributed by atoms with Crippen molar-refractivity contribution in [1.82, 2.24) is 10.6 Å². The number of esters is 3. The van der Waals surface area contributed by atoms with Crippen LogP contribution in [0.4, 0.5) is 0 Å². The van der Waals surface area contributed by atoms with Gasteiger partial charge in [-0.3, -0.25) is 19.2 Å². The van der Waals surface area contributed by atoms with Crippen LogP contribution in [0, 0.1) is 0 Å². The SMILES string of the molecule is CCCCCCCCCCCC(NC(=O)CCCCCCC/C=C\CC(O)C(CCCCC)OC(=O)C[N+](C)(C)CCOC(C)=O)NC(=O)C[N+](C)(C)CCOC(C)=O. The number of ether oxygens (including phenoxy) is 3. The first-order valence-corrected chi connectivity index (χ1v) is 23.0. The van der Waals surface area contributed by atoms with Gasteiger partial charge in [0.1, 0.15) is 38.6 Å². The van der Waals surface area contributed by atoms with Gasteiger partial charge in [0.15, 0.2) is 13.1 Å². The van der Waals surface area contributed by atoms with Crippen LogP contribution < -0.4 is 10.6 Å². The lowest BCUT2D eigenvalue weighted by molar-refractivity contribution is -0.883. The molecular formula is C46H88N4O9+2. The molecular weight excluding hydrogens is 753 g/mol. The number of rotatable bonds is 38. The topological polar surface area (TPSA) is 157 Å². The zero-order valence-corrected chi connectivity index (χ0v) is 38.8. The molecule has 0 aromatic heterocycles. The summed E-state index contributed by atoms with van der Waals surface area (Å²) in [7, 11) is 7.61. The number of unbranched alkanes of at least 4 members (excludes halogenated alkanes) is 15. The van der Waals surface area contributed by atoms with Gasteiger partial charge >= 0.3 is 17.9 Å². The van der Waals surface area contributed by atoms with Crippen LogP contribution in [0.3, 0.4) is 0 Å². The lowest BCUT2D eigenvalue weighted by Crippen LogP contribution is -2.54. The summed E-state index contributed by atoms with van der Waals surface area (Å²) in [6, 6.07) is 0. The van der Waals surface area contributed by atoms with Crippen LogP contribution in [0.25, 0.3) is 0 Å². The number of carbonyl (C=O) groups is 5. The predicted octanol–water partition coefficient (Wildman–Crippen LogP) is 7.27. The maximum atomic E-state index is 13.0. The van der Waals surface area contributed by atoms with Crippen molar-refractivity contribution < 1.29 is 52.3 Å². The van der Waals surface area contributed by atoms with E-state index >= 15 is 0 Å². The molecule has 0 aliphatic carbocycles. The fraction of sp³-hybridized carbons (Fsp3) is 0.848. The third kappa shape index (κ3) is 35.4. The molecule has 0 bridgehead atoms. The second kappa shape index (κ2) is 34.7. The first-order chi connectivity index (χ1) is 28.0. The van der Waals surface area contributed by atoms with E-state index in [-0.39, 0.29) is 56.0 Å². The highest BCUT2D eigenvalue weighted by atomic mass is 16.6. The highest BCUT2D eigenvalue weighted by Gasteiger charge is 2.27. The molecule has 0 saturated heterocycles. The molecule has 0 heterocycles. The van der Waals surface area contributed by atoms with E-state index in [1.54, 1.807) is 0 Å². The minimum atomic E-state index is -0.780. The fourth-order valence-electron chi connectivity index (χ4n) is 6.83. The molecule has 2 amide bonds. The zero-order valence-electron chi connectivity index (χ0n) is 38.8. The van der Waals surface area contributed by atoms with Crippen molar-refractivity contribution in [3.8, 4) is 0 Å². The summed E-state index contributed by atoms with van der Waals surface area (Å²) in [5, 5.41) is 17.1. The number of hydrogen-bond acceptors (Lipinski definition) is 9. The normalized spacial score (nSPS) is 13.4. The Hall–Kier alpha value is -3.03. The number of carbonyl (C=O) groups excluding carboxylic acids is 5. The molecule has 0 aromatic rings. The molecule has 0 aliphatic rings. The van der Waals surface area contributed by atoms with Gasteiger partial charge in [0.25, 0.3) is 5.91 Å². The van der Waals surface area contributed by atoms with E-state index in [2.05, 4.69) is 30.6 Å². The van der Waals surface area contributed by atoms with Crippen LogP contribution in [0.1, 0.15) is 169 Å². The molecule has 3 atom stereocenters. The minimum absolute atomic E-state index is 0.0444. The average Bonchev–Trinajstić information content (AvgIpc) is 3.13. The summed E-state index contributed by atoms with van der Waals surface area (Å²) in [5.41, 5.74) is 0. The second-order valence-electron chi connectivity index (χ2n) is 17.7. The van der Waals surface area contributed by atoms with Gasteiger partial charge in [-0.05, 0) is 51.4 Å². The number of nitrogens with one attached hydrogen (secondary N) is 2. The van der Waals surface area contributed by atoms with Gasteiger partial charge in [-0.2, -0.15) is 0 Å². The number of hydrogen-bond donors (Lipinski definition) is 3. The average molecular weight is 841 g/mol. The summed E-state index contributed by atoms with van der Waals surface area (Å²) < 4.78 is 16.6. The quantitative estimate of drug-likeness (QED) is 0.0145. The number of aliphatic hydroxyl groups excluding tert-OH is 1. The van der Waals surface area contributed by atoms with Gasteiger partial charge in [-0.1, -0.05) is 109 Å². The molecule has 0 radical (unpaired) electrons. The molecule has 0 fully saturated rings. The van der Waals surface area contributed by atoms with Crippen LogP contribution in [0.2, 0.25) is 0 Å². The molecule has 13 heteroatoms. The van der Waals surface area contributed by atoms with E-state index in [1.165, 1.54) is 52.4 Å². The van der Waals surface area contributed by atoms with Crippen molar-refractivity contribution in [3.05, 3.63) is 12.2 Å². The lowest BCUT2D eigenvalue weighted by Gasteiger charge is -2.30.